The summed E-state index contributed by atoms with van der Waals surface area (Å²) in [6.07, 6.45) is 0.800. The van der Waals surface area contributed by atoms with Crippen LogP contribution >= 0.6 is 11.9 Å². The van der Waals surface area contributed by atoms with E-state index >= 15 is 0 Å². The van der Waals surface area contributed by atoms with Crippen molar-refractivity contribution in [3.05, 3.63) is 24.3 Å². The minimum Gasteiger partial charge on any atom is -0.351 e. The van der Waals surface area contributed by atoms with Crippen LogP contribution in [0.5, 0.6) is 0 Å². The molecule has 2 N–H and O–H groups in total. The fourth-order valence-corrected chi connectivity index (χ4v) is 3.57. The molecule has 0 aromatic carbocycles. The number of hydrogen-bond donors (Lipinski definition) is 2. The summed E-state index contributed by atoms with van der Waals surface area (Å²) in [7, 11) is 0. The van der Waals surface area contributed by atoms with E-state index in [2.05, 4.69) is 36.5 Å². The molecule has 2 aromatic heterocycles. The van der Waals surface area contributed by atoms with Gasteiger partial charge in [0, 0.05) is 37.3 Å². The molecule has 25 heavy (non-hydrogen) atoms. The Morgan fingerprint density at radius 1 is 1.32 bits per heavy atom. The van der Waals surface area contributed by atoms with Crippen molar-refractivity contribution < 1.29 is 13.2 Å². The molecule has 0 radical (unpaired) electrons. The van der Waals surface area contributed by atoms with Gasteiger partial charge < -0.3 is 10.3 Å². The Morgan fingerprint density at radius 2 is 2.08 bits per heavy atom. The van der Waals surface area contributed by atoms with Crippen molar-refractivity contribution in [1.29, 1.82) is 0 Å². The van der Waals surface area contributed by atoms with Gasteiger partial charge in [0.15, 0.2) is 0 Å². The quantitative estimate of drug-likeness (QED) is 0.784. The number of halogens is 3. The second kappa shape index (κ2) is 7.61. The van der Waals surface area contributed by atoms with Crippen LogP contribution in [0.15, 0.2) is 18.7 Å². The maximum Gasteiger partial charge on any atom is 0.420 e. The first-order chi connectivity index (χ1) is 12.0. The molecule has 2 aromatic rings. The van der Waals surface area contributed by atoms with Crippen LogP contribution in [0, 0.1) is 0 Å². The lowest BCUT2D eigenvalue weighted by Gasteiger charge is -2.31. The van der Waals surface area contributed by atoms with Gasteiger partial charge in [-0.05, 0) is 12.8 Å². The molecular weight excluding hydrogens is 353 g/mol. The van der Waals surface area contributed by atoms with Crippen molar-refractivity contribution >= 4 is 17.9 Å². The highest BCUT2D eigenvalue weighted by atomic mass is 32.2. The highest BCUT2D eigenvalue weighted by Crippen LogP contribution is 2.35. The molecule has 0 aliphatic carbocycles. The second-order valence-corrected chi connectivity index (χ2v) is 7.03. The van der Waals surface area contributed by atoms with Crippen LogP contribution in [0.2, 0.25) is 0 Å². The summed E-state index contributed by atoms with van der Waals surface area (Å²) in [5, 5.41) is 3.16. The van der Waals surface area contributed by atoms with Crippen LogP contribution in [-0.4, -0.2) is 49.1 Å². The van der Waals surface area contributed by atoms with E-state index in [0.717, 1.165) is 37.9 Å². The number of H-pyrrole nitrogens is 1. The van der Waals surface area contributed by atoms with E-state index in [0.29, 0.717) is 0 Å². The first-order valence-electron chi connectivity index (χ1n) is 8.05. The fraction of sp³-hybridized carbons (Fsp3) is 0.533. The molecular formula is C15H19F3N6S. The van der Waals surface area contributed by atoms with Crippen LogP contribution in [0.25, 0.3) is 11.4 Å². The Hall–Kier alpha value is -1.81. The Labute approximate surface area is 147 Å². The minimum absolute atomic E-state index is 0.145. The largest absolute Gasteiger partial charge is 0.420 e. The van der Waals surface area contributed by atoms with Gasteiger partial charge in [0.25, 0.3) is 0 Å². The van der Waals surface area contributed by atoms with Crippen molar-refractivity contribution in [2.24, 2.45) is 0 Å². The van der Waals surface area contributed by atoms with Crippen molar-refractivity contribution in [3.63, 3.8) is 0 Å². The van der Waals surface area contributed by atoms with Gasteiger partial charge >= 0.3 is 6.18 Å². The number of aromatic nitrogens is 4. The molecule has 0 atom stereocenters. The maximum absolute atomic E-state index is 13.2. The highest BCUT2D eigenvalue weighted by Gasteiger charge is 2.36. The monoisotopic (exact) mass is 372 g/mol. The van der Waals surface area contributed by atoms with Crippen LogP contribution in [-0.2, 0) is 6.18 Å². The summed E-state index contributed by atoms with van der Waals surface area (Å²) >= 11 is 1.80. The third kappa shape index (κ3) is 4.43. The summed E-state index contributed by atoms with van der Waals surface area (Å²) in [4.78, 5) is 14.5. The predicted octanol–water partition coefficient (Wildman–Crippen LogP) is 3.43. The molecule has 3 rings (SSSR count). The summed E-state index contributed by atoms with van der Waals surface area (Å²) in [6.45, 7) is 3.98. The van der Waals surface area contributed by atoms with Crippen molar-refractivity contribution in [1.82, 2.24) is 24.2 Å². The van der Waals surface area contributed by atoms with E-state index in [9.17, 15) is 13.2 Å². The van der Waals surface area contributed by atoms with Crippen LogP contribution in [0.1, 0.15) is 25.3 Å². The molecule has 0 saturated carbocycles. The molecule has 0 amide bonds. The van der Waals surface area contributed by atoms with E-state index in [1.54, 1.807) is 11.9 Å². The lowest BCUT2D eigenvalue weighted by Crippen LogP contribution is -2.36. The fourth-order valence-electron chi connectivity index (χ4n) is 2.74. The van der Waals surface area contributed by atoms with Crippen molar-refractivity contribution in [2.45, 2.75) is 32.0 Å². The van der Waals surface area contributed by atoms with Crippen LogP contribution in [0.4, 0.5) is 19.1 Å². The van der Waals surface area contributed by atoms with Gasteiger partial charge in [0.05, 0.1) is 6.33 Å². The molecule has 3 heterocycles. The number of rotatable bonds is 5. The summed E-state index contributed by atoms with van der Waals surface area (Å²) in [5.41, 5.74) is -0.962. The normalized spacial score (nSPS) is 17.0. The van der Waals surface area contributed by atoms with E-state index in [1.165, 1.54) is 12.5 Å². The molecule has 0 unspecified atom stereocenters. The van der Waals surface area contributed by atoms with Crippen LogP contribution in [0.3, 0.4) is 0 Å². The summed E-state index contributed by atoms with van der Waals surface area (Å²) < 4.78 is 41.9. The molecule has 136 valence electrons. The third-order valence-electron chi connectivity index (χ3n) is 3.93. The van der Waals surface area contributed by atoms with Crippen molar-refractivity contribution in [2.75, 3.05) is 24.2 Å². The Morgan fingerprint density at radius 3 is 2.68 bits per heavy atom. The number of alkyl halides is 3. The number of nitrogens with zero attached hydrogens (tertiary/aromatic N) is 4. The molecule has 6 nitrogen and oxygen atoms in total. The van der Waals surface area contributed by atoms with E-state index in [4.69, 9.17) is 0 Å². The summed E-state index contributed by atoms with van der Waals surface area (Å²) in [5.74, 6) is 1.24. The highest BCUT2D eigenvalue weighted by molar-refractivity contribution is 7.96. The topological polar surface area (TPSA) is 69.7 Å². The van der Waals surface area contributed by atoms with E-state index in [1.807, 2.05) is 0 Å². The Bertz CT molecular complexity index is 683. The number of hydrogen-bond acceptors (Lipinski definition) is 6. The number of imidazole rings is 1. The second-order valence-electron chi connectivity index (χ2n) is 5.67. The standard InChI is InChI=1S/C15H19F3N6S/c1-2-25-24-5-3-10(4-6-24)22-14-20-7-11(15(16,17)18)13(23-14)12-8-19-9-21-12/h7-10H,2-6H2,1H3,(H,19,21)(H,20,22,23). The zero-order chi connectivity index (χ0) is 17.9. The predicted molar refractivity (Wildman–Crippen MR) is 91.0 cm³/mol. The average molecular weight is 372 g/mol. The Kier molecular flexibility index (Phi) is 5.48. The zero-order valence-corrected chi connectivity index (χ0v) is 14.5. The molecule has 1 fully saturated rings. The van der Waals surface area contributed by atoms with E-state index < -0.39 is 11.7 Å². The number of anilines is 1. The zero-order valence-electron chi connectivity index (χ0n) is 13.7. The van der Waals surface area contributed by atoms with Gasteiger partial charge in [-0.3, -0.25) is 4.31 Å². The molecule has 0 spiro atoms. The molecule has 0 bridgehead atoms. The van der Waals surface area contributed by atoms with Crippen LogP contribution < -0.4 is 5.32 Å². The number of nitrogens with one attached hydrogen (secondary N) is 2. The van der Waals surface area contributed by atoms with Gasteiger partial charge in [0.2, 0.25) is 5.95 Å². The molecule has 1 saturated heterocycles. The number of aromatic amines is 1. The lowest BCUT2D eigenvalue weighted by molar-refractivity contribution is -0.137. The van der Waals surface area contributed by atoms with Gasteiger partial charge in [-0.15, -0.1) is 0 Å². The maximum atomic E-state index is 13.2. The van der Waals surface area contributed by atoms with Gasteiger partial charge in [-0.1, -0.05) is 18.9 Å². The first kappa shape index (κ1) is 18.0. The van der Waals surface area contributed by atoms with Crippen molar-refractivity contribution in [3.8, 4) is 11.4 Å². The van der Waals surface area contributed by atoms with E-state index in [-0.39, 0.29) is 23.4 Å². The first-order valence-corrected chi connectivity index (χ1v) is 8.99. The van der Waals surface area contributed by atoms with Gasteiger partial charge in [0.1, 0.15) is 17.0 Å². The Balaban J connectivity index is 1.76. The summed E-state index contributed by atoms with van der Waals surface area (Å²) in [6, 6.07) is 0.150. The van der Waals surface area contributed by atoms with Gasteiger partial charge in [-0.25, -0.2) is 15.0 Å². The minimum atomic E-state index is -4.53. The lowest BCUT2D eigenvalue weighted by atomic mass is 10.1. The average Bonchev–Trinajstić information content (AvgIpc) is 3.10. The molecule has 10 heteroatoms. The SMILES string of the molecule is CCSN1CCC(Nc2ncc(C(F)(F)F)c(-c3c[nH]cn3)n2)CC1. The molecule has 1 aliphatic heterocycles. The third-order valence-corrected chi connectivity index (χ3v) is 4.92. The molecule has 1 aliphatic rings. The number of piperidine rings is 1. The van der Waals surface area contributed by atoms with Gasteiger partial charge in [-0.2, -0.15) is 13.2 Å². The smallest absolute Gasteiger partial charge is 0.351 e.